The van der Waals surface area contributed by atoms with E-state index in [1.54, 1.807) is 0 Å². The smallest absolute Gasteiger partial charge is 0.128 e. The molecular formula is C26H22N2O. The minimum Gasteiger partial charge on any atom is -0.457 e. The predicted molar refractivity (Wildman–Crippen MR) is 119 cm³/mol. The van der Waals surface area contributed by atoms with E-state index in [0.717, 1.165) is 40.8 Å². The van der Waals surface area contributed by atoms with Gasteiger partial charge in [-0.3, -0.25) is 4.98 Å². The van der Waals surface area contributed by atoms with Crippen LogP contribution in [0.5, 0.6) is 11.5 Å². The van der Waals surface area contributed by atoms with Crippen molar-refractivity contribution in [2.45, 2.75) is 19.9 Å². The van der Waals surface area contributed by atoms with E-state index >= 15 is 0 Å². The van der Waals surface area contributed by atoms with Crippen molar-refractivity contribution < 1.29 is 4.74 Å². The fraction of sp³-hybridized carbons (Fsp3) is 0.115. The zero-order chi connectivity index (χ0) is 19.6. The molecule has 0 unspecified atom stereocenters. The standard InChI is InChI=1S/C26H22N2O/c1-19-7-5-6-8-20(19)13-15-28-16-14-21-18-27-25-12-11-23(17-24(25)26(21)28)29-22-9-3-2-4-10-22/h2-12,14,16-18H,13,15H2,1H3. The molecule has 0 spiro atoms. The number of rotatable bonds is 5. The Kier molecular flexibility index (Phi) is 4.49. The number of aryl methyl sites for hydroxylation is 3. The van der Waals surface area contributed by atoms with E-state index in [4.69, 9.17) is 4.74 Å². The average molecular weight is 378 g/mol. The van der Waals surface area contributed by atoms with Gasteiger partial charge in [0.2, 0.25) is 0 Å². The molecule has 2 heterocycles. The van der Waals surface area contributed by atoms with Crippen molar-refractivity contribution in [1.29, 1.82) is 0 Å². The van der Waals surface area contributed by atoms with Gasteiger partial charge in [0.25, 0.3) is 0 Å². The zero-order valence-corrected chi connectivity index (χ0v) is 16.4. The number of benzene rings is 3. The summed E-state index contributed by atoms with van der Waals surface area (Å²) in [5, 5.41) is 2.27. The highest BCUT2D eigenvalue weighted by Gasteiger charge is 2.09. The topological polar surface area (TPSA) is 27.1 Å². The monoisotopic (exact) mass is 378 g/mol. The van der Waals surface area contributed by atoms with Crippen LogP contribution in [0.3, 0.4) is 0 Å². The van der Waals surface area contributed by atoms with Crippen LogP contribution >= 0.6 is 0 Å². The summed E-state index contributed by atoms with van der Waals surface area (Å²) in [5.74, 6) is 1.66. The number of hydrogen-bond donors (Lipinski definition) is 0. The average Bonchev–Trinajstić information content (AvgIpc) is 3.17. The van der Waals surface area contributed by atoms with Gasteiger partial charge in [-0.2, -0.15) is 0 Å². The number of hydrogen-bond acceptors (Lipinski definition) is 2. The van der Waals surface area contributed by atoms with Crippen molar-refractivity contribution in [2.24, 2.45) is 0 Å². The maximum Gasteiger partial charge on any atom is 0.128 e. The summed E-state index contributed by atoms with van der Waals surface area (Å²) in [5.41, 5.74) is 4.92. The van der Waals surface area contributed by atoms with E-state index in [-0.39, 0.29) is 0 Å². The molecule has 0 saturated heterocycles. The van der Waals surface area contributed by atoms with Crippen LogP contribution in [0.2, 0.25) is 0 Å². The first-order valence-electron chi connectivity index (χ1n) is 9.93. The summed E-state index contributed by atoms with van der Waals surface area (Å²) in [6.07, 6.45) is 5.12. The van der Waals surface area contributed by atoms with E-state index in [1.807, 2.05) is 48.7 Å². The maximum absolute atomic E-state index is 6.06. The van der Waals surface area contributed by atoms with Crippen LogP contribution in [-0.2, 0) is 13.0 Å². The van der Waals surface area contributed by atoms with Crippen LogP contribution < -0.4 is 4.74 Å². The minimum absolute atomic E-state index is 0.824. The van der Waals surface area contributed by atoms with Crippen LogP contribution in [-0.4, -0.2) is 9.55 Å². The molecular weight excluding hydrogens is 356 g/mol. The van der Waals surface area contributed by atoms with Crippen LogP contribution in [0.4, 0.5) is 0 Å². The zero-order valence-electron chi connectivity index (χ0n) is 16.4. The van der Waals surface area contributed by atoms with E-state index < -0.39 is 0 Å². The Labute approximate surface area is 170 Å². The highest BCUT2D eigenvalue weighted by atomic mass is 16.5. The third-order valence-electron chi connectivity index (χ3n) is 5.42. The largest absolute Gasteiger partial charge is 0.457 e. The fourth-order valence-electron chi connectivity index (χ4n) is 3.87. The molecule has 0 bridgehead atoms. The predicted octanol–water partition coefficient (Wildman–Crippen LogP) is 6.53. The molecule has 3 aromatic carbocycles. The first-order valence-corrected chi connectivity index (χ1v) is 9.93. The lowest BCUT2D eigenvalue weighted by atomic mass is 10.1. The van der Waals surface area contributed by atoms with Gasteiger partial charge in [-0.15, -0.1) is 0 Å². The summed E-state index contributed by atoms with van der Waals surface area (Å²) in [4.78, 5) is 4.63. The molecule has 0 aliphatic carbocycles. The summed E-state index contributed by atoms with van der Waals surface area (Å²) < 4.78 is 8.39. The molecule has 29 heavy (non-hydrogen) atoms. The van der Waals surface area contributed by atoms with Crippen LogP contribution in [0.1, 0.15) is 11.1 Å². The van der Waals surface area contributed by atoms with Crippen molar-refractivity contribution in [3.8, 4) is 11.5 Å². The molecule has 142 valence electrons. The quantitative estimate of drug-likeness (QED) is 0.347. The molecule has 0 N–H and O–H groups in total. The van der Waals surface area contributed by atoms with Gasteiger partial charge in [0.05, 0.1) is 11.0 Å². The molecule has 2 aromatic heterocycles. The normalized spacial score (nSPS) is 11.2. The number of fused-ring (bicyclic) bond motifs is 3. The number of pyridine rings is 1. The van der Waals surface area contributed by atoms with Crippen molar-refractivity contribution in [3.63, 3.8) is 0 Å². The van der Waals surface area contributed by atoms with Crippen molar-refractivity contribution in [2.75, 3.05) is 0 Å². The SMILES string of the molecule is Cc1ccccc1CCn1ccc2cnc3ccc(Oc4ccccc4)cc3c21. The van der Waals surface area contributed by atoms with E-state index in [0.29, 0.717) is 0 Å². The molecule has 5 rings (SSSR count). The van der Waals surface area contributed by atoms with Crippen LogP contribution in [0.15, 0.2) is 91.3 Å². The number of ether oxygens (including phenoxy) is 1. The summed E-state index contributed by atoms with van der Waals surface area (Å²) in [6.45, 7) is 3.10. The van der Waals surface area contributed by atoms with Gasteiger partial charge < -0.3 is 9.30 Å². The molecule has 0 amide bonds. The first kappa shape index (κ1) is 17.5. The molecule has 0 aliphatic rings. The molecule has 5 aromatic rings. The van der Waals surface area contributed by atoms with Crippen molar-refractivity contribution in [3.05, 3.63) is 102 Å². The Morgan fingerprint density at radius 1 is 0.862 bits per heavy atom. The lowest BCUT2D eigenvalue weighted by molar-refractivity contribution is 0.483. The Balaban J connectivity index is 1.53. The Morgan fingerprint density at radius 3 is 2.55 bits per heavy atom. The second-order valence-corrected chi connectivity index (χ2v) is 7.34. The van der Waals surface area contributed by atoms with Gasteiger partial charge in [0.15, 0.2) is 0 Å². The maximum atomic E-state index is 6.06. The Hall–Kier alpha value is -3.59. The number of aromatic nitrogens is 2. The van der Waals surface area contributed by atoms with Gasteiger partial charge in [0.1, 0.15) is 11.5 Å². The number of para-hydroxylation sites is 1. The molecule has 0 aliphatic heterocycles. The second kappa shape index (κ2) is 7.44. The highest BCUT2D eigenvalue weighted by molar-refractivity contribution is 6.04. The van der Waals surface area contributed by atoms with Crippen LogP contribution in [0, 0.1) is 6.92 Å². The molecule has 0 fully saturated rings. The van der Waals surface area contributed by atoms with E-state index in [1.165, 1.54) is 16.6 Å². The third-order valence-corrected chi connectivity index (χ3v) is 5.42. The lowest BCUT2D eigenvalue weighted by Gasteiger charge is -2.11. The molecule has 0 atom stereocenters. The molecule has 0 saturated carbocycles. The van der Waals surface area contributed by atoms with Crippen molar-refractivity contribution >= 4 is 21.8 Å². The Morgan fingerprint density at radius 2 is 1.69 bits per heavy atom. The van der Waals surface area contributed by atoms with Gasteiger partial charge >= 0.3 is 0 Å². The third kappa shape index (κ3) is 3.47. The molecule has 3 heteroatoms. The minimum atomic E-state index is 0.824. The lowest BCUT2D eigenvalue weighted by Crippen LogP contribution is -2.01. The van der Waals surface area contributed by atoms with E-state index in [9.17, 15) is 0 Å². The Bertz CT molecular complexity index is 1290. The summed E-state index contributed by atoms with van der Waals surface area (Å²) in [6, 6.07) is 26.7. The van der Waals surface area contributed by atoms with Gasteiger partial charge in [-0.05, 0) is 60.9 Å². The van der Waals surface area contributed by atoms with Gasteiger partial charge in [0, 0.05) is 29.7 Å². The second-order valence-electron chi connectivity index (χ2n) is 7.34. The molecule has 0 radical (unpaired) electrons. The molecule has 3 nitrogen and oxygen atoms in total. The summed E-state index contributed by atoms with van der Waals surface area (Å²) in [7, 11) is 0. The van der Waals surface area contributed by atoms with Gasteiger partial charge in [-0.25, -0.2) is 0 Å². The van der Waals surface area contributed by atoms with Crippen LogP contribution in [0.25, 0.3) is 21.8 Å². The first-order chi connectivity index (χ1) is 14.3. The highest BCUT2D eigenvalue weighted by Crippen LogP contribution is 2.30. The van der Waals surface area contributed by atoms with Gasteiger partial charge in [-0.1, -0.05) is 42.5 Å². The number of nitrogens with zero attached hydrogens (tertiary/aromatic N) is 2. The van der Waals surface area contributed by atoms with E-state index in [2.05, 4.69) is 59.1 Å². The summed E-state index contributed by atoms with van der Waals surface area (Å²) >= 11 is 0. The van der Waals surface area contributed by atoms with Crippen molar-refractivity contribution in [1.82, 2.24) is 9.55 Å². The fourth-order valence-corrected chi connectivity index (χ4v) is 3.87.